The molecule has 86 valence electrons. The summed E-state index contributed by atoms with van der Waals surface area (Å²) in [6, 6.07) is 0.164. The summed E-state index contributed by atoms with van der Waals surface area (Å²) >= 11 is 3.95. The smallest absolute Gasteiger partial charge is 0.230 e. The summed E-state index contributed by atoms with van der Waals surface area (Å²) in [6.45, 7) is 7.23. The zero-order valence-electron chi connectivity index (χ0n) is 9.79. The molecule has 0 bridgehead atoms. The highest BCUT2D eigenvalue weighted by molar-refractivity contribution is 7.81. The van der Waals surface area contributed by atoms with E-state index in [0.29, 0.717) is 0 Å². The molecular weight excluding hydrogens is 196 g/mol. The van der Waals surface area contributed by atoms with Crippen LogP contribution in [0.4, 0.5) is 0 Å². The summed E-state index contributed by atoms with van der Waals surface area (Å²) < 4.78 is 0. The summed E-state index contributed by atoms with van der Waals surface area (Å²) in [5.41, 5.74) is 0.0723. The van der Waals surface area contributed by atoms with Crippen LogP contribution in [0.1, 0.15) is 22.2 Å². The van der Waals surface area contributed by atoms with Crippen LogP contribution in [0.25, 0.3) is 0 Å². The highest BCUT2D eigenvalue weighted by Crippen LogP contribution is 2.19. The van der Waals surface area contributed by atoms with Crippen molar-refractivity contribution in [2.24, 2.45) is 5.41 Å². The van der Waals surface area contributed by atoms with Crippen molar-refractivity contribution in [1.29, 1.82) is 0 Å². The van der Waals surface area contributed by atoms with E-state index in [1.54, 1.807) is 0 Å². The van der Waals surface area contributed by atoms with E-state index in [1.807, 2.05) is 14.1 Å². The molecule has 0 aliphatic carbocycles. The first-order chi connectivity index (χ1) is 6.27. The summed E-state index contributed by atoms with van der Waals surface area (Å²) in [6.07, 6.45) is 0. The Labute approximate surface area is 94.1 Å². The van der Waals surface area contributed by atoms with Crippen LogP contribution in [0, 0.1) is 5.41 Å². The zero-order chi connectivity index (χ0) is 11.4. The van der Waals surface area contributed by atoms with Crippen LogP contribution >= 0.6 is 12.6 Å². The fourth-order valence-corrected chi connectivity index (χ4v) is 1.23. The van der Waals surface area contributed by atoms with E-state index in [2.05, 4.69) is 43.6 Å². The molecule has 3 nitrogen and oxygen atoms in total. The number of hydrogen-bond acceptors (Lipinski definition) is 3. The molecular formula is C10H24N2OS. The van der Waals surface area contributed by atoms with E-state index >= 15 is 0 Å². The van der Waals surface area contributed by atoms with Crippen molar-refractivity contribution in [3.05, 3.63) is 0 Å². The van der Waals surface area contributed by atoms with E-state index in [4.69, 9.17) is 0 Å². The van der Waals surface area contributed by atoms with E-state index in [0.717, 1.165) is 6.54 Å². The Balaban J connectivity index is 0. The van der Waals surface area contributed by atoms with Crippen LogP contribution in [0.15, 0.2) is 0 Å². The highest BCUT2D eigenvalue weighted by atomic mass is 32.1. The van der Waals surface area contributed by atoms with Gasteiger partial charge >= 0.3 is 0 Å². The highest BCUT2D eigenvalue weighted by Gasteiger charge is 2.26. The summed E-state index contributed by atoms with van der Waals surface area (Å²) in [5.74, 6) is 0.245. The molecule has 0 unspecified atom stereocenters. The Hall–Kier alpha value is -0.220. The van der Waals surface area contributed by atoms with Crippen LogP contribution in [-0.2, 0) is 4.79 Å². The molecule has 0 spiro atoms. The van der Waals surface area contributed by atoms with Crippen LogP contribution in [0.2, 0.25) is 0 Å². The second-order valence-corrected chi connectivity index (χ2v) is 5.22. The third-order valence-electron chi connectivity index (χ3n) is 2.07. The fourth-order valence-electron chi connectivity index (χ4n) is 1.14. The summed E-state index contributed by atoms with van der Waals surface area (Å²) in [5, 5.41) is 2.98. The molecule has 1 N–H and O–H groups in total. The molecule has 4 heteroatoms. The van der Waals surface area contributed by atoms with Crippen molar-refractivity contribution in [3.63, 3.8) is 0 Å². The van der Waals surface area contributed by atoms with Gasteiger partial charge in [-0.25, -0.2) is 0 Å². The number of rotatable bonds is 4. The number of carbonyl (C=O) groups excluding carboxylic acids is 1. The Kier molecular flexibility index (Phi) is 5.52. The van der Waals surface area contributed by atoms with E-state index in [-0.39, 0.29) is 24.5 Å². The van der Waals surface area contributed by atoms with Gasteiger partial charge in [-0.15, -0.1) is 0 Å². The van der Waals surface area contributed by atoms with E-state index < -0.39 is 0 Å². The second-order valence-electron chi connectivity index (χ2n) is 4.91. The first-order valence-corrected chi connectivity index (χ1v) is 5.45. The molecule has 1 atom stereocenters. The first-order valence-electron chi connectivity index (χ1n) is 4.82. The lowest BCUT2D eigenvalue weighted by Crippen LogP contribution is -2.49. The van der Waals surface area contributed by atoms with Gasteiger partial charge in [-0.05, 0) is 19.5 Å². The van der Waals surface area contributed by atoms with Gasteiger partial charge in [-0.3, -0.25) is 4.79 Å². The maximum Gasteiger partial charge on any atom is 0.230 e. The van der Waals surface area contributed by atoms with Crippen LogP contribution in [0.5, 0.6) is 0 Å². The lowest BCUT2D eigenvalue weighted by Gasteiger charge is -2.33. The average molecular weight is 220 g/mol. The standard InChI is InChI=1S/C10H22N2OS.H2/c1-10(2,3)8(6-12(4)5)11-9(13)7-14;/h8,14H,6-7H2,1-5H3,(H,11,13);1H/t8-;/m1./s1. The molecule has 0 aromatic heterocycles. The summed E-state index contributed by atoms with van der Waals surface area (Å²) in [7, 11) is 4.01. The van der Waals surface area contributed by atoms with Gasteiger partial charge in [0.05, 0.1) is 5.75 Å². The van der Waals surface area contributed by atoms with Crippen molar-refractivity contribution in [1.82, 2.24) is 10.2 Å². The van der Waals surface area contributed by atoms with Gasteiger partial charge in [0.1, 0.15) is 0 Å². The Bertz CT molecular complexity index is 192. The number of amides is 1. The van der Waals surface area contributed by atoms with Crippen molar-refractivity contribution < 1.29 is 6.22 Å². The molecule has 0 aromatic rings. The molecule has 0 fully saturated rings. The molecule has 0 saturated heterocycles. The lowest BCUT2D eigenvalue weighted by atomic mass is 9.86. The predicted molar refractivity (Wildman–Crippen MR) is 65.9 cm³/mol. The third-order valence-corrected chi connectivity index (χ3v) is 2.36. The van der Waals surface area contributed by atoms with Gasteiger partial charge < -0.3 is 10.2 Å². The van der Waals surface area contributed by atoms with Crippen molar-refractivity contribution in [2.45, 2.75) is 26.8 Å². The van der Waals surface area contributed by atoms with Gasteiger partial charge in [0, 0.05) is 14.0 Å². The van der Waals surface area contributed by atoms with Gasteiger partial charge in [-0.1, -0.05) is 20.8 Å². The van der Waals surface area contributed by atoms with Gasteiger partial charge in [0.25, 0.3) is 0 Å². The SMILES string of the molecule is CN(C)C[C@@H](NC(=O)CS)C(C)(C)C.[HH]. The molecule has 0 heterocycles. The minimum absolute atomic E-state index is 0. The minimum atomic E-state index is -0.00453. The maximum absolute atomic E-state index is 11.2. The zero-order valence-corrected chi connectivity index (χ0v) is 10.7. The van der Waals surface area contributed by atoms with Crippen molar-refractivity contribution >= 4 is 18.5 Å². The molecule has 1 amide bonds. The first kappa shape index (κ1) is 13.8. The van der Waals surface area contributed by atoms with Crippen molar-refractivity contribution in [2.75, 3.05) is 26.4 Å². The number of carbonyl (C=O) groups is 1. The Morgan fingerprint density at radius 3 is 2.29 bits per heavy atom. The topological polar surface area (TPSA) is 32.3 Å². The Morgan fingerprint density at radius 1 is 1.50 bits per heavy atom. The largest absolute Gasteiger partial charge is 0.351 e. The minimum Gasteiger partial charge on any atom is -0.351 e. The number of likely N-dealkylation sites (N-methyl/N-ethyl adjacent to an activating group) is 1. The molecule has 14 heavy (non-hydrogen) atoms. The van der Waals surface area contributed by atoms with Crippen molar-refractivity contribution in [3.8, 4) is 0 Å². The van der Waals surface area contributed by atoms with Gasteiger partial charge in [0.15, 0.2) is 0 Å². The lowest BCUT2D eigenvalue weighted by molar-refractivity contribution is -0.120. The molecule has 0 saturated carbocycles. The number of thiol groups is 1. The number of nitrogens with zero attached hydrogens (tertiary/aromatic N) is 1. The number of hydrogen-bond donors (Lipinski definition) is 2. The van der Waals surface area contributed by atoms with E-state index in [9.17, 15) is 4.79 Å². The van der Waals surface area contributed by atoms with Gasteiger partial charge in [-0.2, -0.15) is 12.6 Å². The van der Waals surface area contributed by atoms with E-state index in [1.165, 1.54) is 0 Å². The monoisotopic (exact) mass is 220 g/mol. The Morgan fingerprint density at radius 2 is 2.00 bits per heavy atom. The van der Waals surface area contributed by atoms with Crippen LogP contribution in [-0.4, -0.2) is 43.2 Å². The molecule has 0 aliphatic heterocycles. The molecule has 0 rings (SSSR count). The normalized spacial score (nSPS) is 14.2. The average Bonchev–Trinajstić information content (AvgIpc) is 2.00. The fraction of sp³-hybridized carbons (Fsp3) is 0.900. The molecule has 0 aromatic carbocycles. The molecule has 0 radical (unpaired) electrons. The quantitative estimate of drug-likeness (QED) is 0.699. The third kappa shape index (κ3) is 5.50. The maximum atomic E-state index is 11.2. The van der Waals surface area contributed by atoms with Crippen LogP contribution in [0.3, 0.4) is 0 Å². The second kappa shape index (κ2) is 5.61. The van der Waals surface area contributed by atoms with Crippen LogP contribution < -0.4 is 5.32 Å². The van der Waals surface area contributed by atoms with Gasteiger partial charge in [0.2, 0.25) is 5.91 Å². The summed E-state index contributed by atoms with van der Waals surface area (Å²) in [4.78, 5) is 13.3. The molecule has 0 aliphatic rings. The predicted octanol–water partition coefficient (Wildman–Crippen LogP) is 1.25. The number of nitrogens with one attached hydrogen (secondary N) is 1.